The van der Waals surface area contributed by atoms with E-state index in [2.05, 4.69) is 10.3 Å². The maximum absolute atomic E-state index is 13.2. The second kappa shape index (κ2) is 9.89. The highest BCUT2D eigenvalue weighted by molar-refractivity contribution is 7.99. The van der Waals surface area contributed by atoms with Gasteiger partial charge in [0, 0.05) is 11.6 Å². The van der Waals surface area contributed by atoms with Gasteiger partial charge < -0.3 is 10.1 Å². The molecule has 0 unspecified atom stereocenters. The van der Waals surface area contributed by atoms with E-state index in [9.17, 15) is 9.59 Å². The van der Waals surface area contributed by atoms with Gasteiger partial charge in [0.25, 0.3) is 5.56 Å². The summed E-state index contributed by atoms with van der Waals surface area (Å²) in [4.78, 5) is 30.3. The molecule has 0 saturated carbocycles. The number of para-hydroxylation sites is 1. The number of fused-ring (bicyclic) bond motifs is 1. The number of methoxy groups -OCH3 is 1. The second-order valence-corrected chi connectivity index (χ2v) is 8.32. The van der Waals surface area contributed by atoms with Crippen LogP contribution in [0.2, 0.25) is 5.02 Å². The number of rotatable bonds is 7. The van der Waals surface area contributed by atoms with Crippen LogP contribution in [0, 0.1) is 0 Å². The first-order valence-electron chi connectivity index (χ1n) is 9.85. The fourth-order valence-corrected chi connectivity index (χ4v) is 4.20. The summed E-state index contributed by atoms with van der Waals surface area (Å²) in [6.45, 7) is 0.398. The highest BCUT2D eigenvalue weighted by atomic mass is 35.5. The van der Waals surface area contributed by atoms with Gasteiger partial charge in [-0.1, -0.05) is 53.7 Å². The van der Waals surface area contributed by atoms with Gasteiger partial charge in [0.2, 0.25) is 5.91 Å². The van der Waals surface area contributed by atoms with Crippen molar-refractivity contribution < 1.29 is 9.53 Å². The summed E-state index contributed by atoms with van der Waals surface area (Å²) in [6, 6.07) is 21.6. The van der Waals surface area contributed by atoms with E-state index in [0.717, 1.165) is 11.3 Å². The van der Waals surface area contributed by atoms with Gasteiger partial charge in [0.05, 0.1) is 29.5 Å². The lowest BCUT2D eigenvalue weighted by atomic mass is 10.2. The SMILES string of the molecule is COc1ccc(CNC(=O)CSc2nc3ccccc3c(=O)n2-c2cccc(Cl)c2)cc1. The summed E-state index contributed by atoms with van der Waals surface area (Å²) in [7, 11) is 1.61. The number of carbonyl (C=O) groups is 1. The Bertz CT molecular complexity index is 1320. The second-order valence-electron chi connectivity index (χ2n) is 6.95. The van der Waals surface area contributed by atoms with Crippen molar-refractivity contribution in [3.63, 3.8) is 0 Å². The molecule has 3 aromatic carbocycles. The van der Waals surface area contributed by atoms with Crippen LogP contribution in [0.25, 0.3) is 16.6 Å². The van der Waals surface area contributed by atoms with Gasteiger partial charge in [-0.05, 0) is 48.0 Å². The van der Waals surface area contributed by atoms with Crippen molar-refractivity contribution in [2.75, 3.05) is 12.9 Å². The minimum atomic E-state index is -0.209. The number of benzene rings is 3. The third-order valence-electron chi connectivity index (χ3n) is 4.79. The predicted octanol–water partition coefficient (Wildman–Crippen LogP) is 4.46. The molecule has 4 rings (SSSR count). The number of halogens is 1. The number of thioether (sulfide) groups is 1. The minimum absolute atomic E-state index is 0.113. The molecule has 8 heteroatoms. The normalized spacial score (nSPS) is 10.8. The third kappa shape index (κ3) is 4.95. The molecule has 1 heterocycles. The molecule has 0 radical (unpaired) electrons. The standard InChI is InChI=1S/C24H20ClN3O3S/c1-31-19-11-9-16(10-12-19)14-26-22(29)15-32-24-27-21-8-3-2-7-20(21)23(30)28(24)18-6-4-5-17(25)13-18/h2-13H,14-15H2,1H3,(H,26,29). The van der Waals surface area contributed by atoms with Crippen molar-refractivity contribution in [2.45, 2.75) is 11.7 Å². The number of ether oxygens (including phenoxy) is 1. The van der Waals surface area contributed by atoms with Gasteiger partial charge in [-0.2, -0.15) is 0 Å². The van der Waals surface area contributed by atoms with Crippen molar-refractivity contribution in [1.82, 2.24) is 14.9 Å². The molecule has 0 aliphatic carbocycles. The first-order valence-corrected chi connectivity index (χ1v) is 11.2. The zero-order chi connectivity index (χ0) is 22.5. The van der Waals surface area contributed by atoms with Gasteiger partial charge in [-0.25, -0.2) is 4.98 Å². The first kappa shape index (κ1) is 21.9. The highest BCUT2D eigenvalue weighted by Crippen LogP contribution is 2.23. The van der Waals surface area contributed by atoms with Gasteiger partial charge in [0.15, 0.2) is 5.16 Å². The lowest BCUT2D eigenvalue weighted by Gasteiger charge is -2.13. The zero-order valence-electron chi connectivity index (χ0n) is 17.2. The quantitative estimate of drug-likeness (QED) is 0.322. The molecule has 162 valence electrons. The van der Waals surface area contributed by atoms with E-state index in [0.29, 0.717) is 33.3 Å². The fourth-order valence-electron chi connectivity index (χ4n) is 3.18. The van der Waals surface area contributed by atoms with E-state index >= 15 is 0 Å². The summed E-state index contributed by atoms with van der Waals surface area (Å²) in [5, 5.41) is 4.33. The Kier molecular flexibility index (Phi) is 6.78. The van der Waals surface area contributed by atoms with Gasteiger partial charge >= 0.3 is 0 Å². The van der Waals surface area contributed by atoms with Crippen molar-refractivity contribution in [3.05, 3.63) is 93.7 Å². The van der Waals surface area contributed by atoms with Crippen molar-refractivity contribution >= 4 is 40.2 Å². The molecule has 0 fully saturated rings. The maximum Gasteiger partial charge on any atom is 0.266 e. The number of nitrogens with zero attached hydrogens (tertiary/aromatic N) is 2. The maximum atomic E-state index is 13.2. The predicted molar refractivity (Wildman–Crippen MR) is 128 cm³/mol. The Hall–Kier alpha value is -3.29. The highest BCUT2D eigenvalue weighted by Gasteiger charge is 2.15. The monoisotopic (exact) mass is 465 g/mol. The van der Waals surface area contributed by atoms with Crippen LogP contribution >= 0.6 is 23.4 Å². The number of carbonyl (C=O) groups excluding carboxylic acids is 1. The molecule has 0 spiro atoms. The Morgan fingerprint density at radius 1 is 1.09 bits per heavy atom. The van der Waals surface area contributed by atoms with Crippen molar-refractivity contribution in [3.8, 4) is 11.4 Å². The number of hydrogen-bond donors (Lipinski definition) is 1. The summed E-state index contributed by atoms with van der Waals surface area (Å²) < 4.78 is 6.64. The number of hydrogen-bond acceptors (Lipinski definition) is 5. The van der Waals surface area contributed by atoms with Crippen LogP contribution in [0.15, 0.2) is 82.7 Å². The number of amides is 1. The van der Waals surface area contributed by atoms with Crippen molar-refractivity contribution in [2.24, 2.45) is 0 Å². The van der Waals surface area contributed by atoms with Gasteiger partial charge in [0.1, 0.15) is 5.75 Å². The molecule has 0 saturated heterocycles. The Morgan fingerprint density at radius 3 is 2.62 bits per heavy atom. The topological polar surface area (TPSA) is 73.2 Å². The summed E-state index contributed by atoms with van der Waals surface area (Å²) in [5.41, 5.74) is 1.93. The van der Waals surface area contributed by atoms with Crippen LogP contribution in [-0.4, -0.2) is 28.3 Å². The smallest absolute Gasteiger partial charge is 0.266 e. The molecule has 4 aromatic rings. The molecule has 0 aliphatic rings. The molecule has 0 bridgehead atoms. The van der Waals surface area contributed by atoms with Gasteiger partial charge in [-0.15, -0.1) is 0 Å². The van der Waals surface area contributed by atoms with E-state index in [4.69, 9.17) is 16.3 Å². The van der Waals surface area contributed by atoms with E-state index in [1.54, 1.807) is 49.6 Å². The average Bonchev–Trinajstić information content (AvgIpc) is 2.82. The molecule has 0 atom stereocenters. The zero-order valence-corrected chi connectivity index (χ0v) is 18.8. The number of nitrogens with one attached hydrogen (secondary N) is 1. The average molecular weight is 466 g/mol. The van der Waals surface area contributed by atoms with Crippen molar-refractivity contribution in [1.29, 1.82) is 0 Å². The molecule has 0 aliphatic heterocycles. The molecule has 1 amide bonds. The number of aromatic nitrogens is 2. The van der Waals surface area contributed by atoms with Gasteiger partial charge in [-0.3, -0.25) is 14.2 Å². The van der Waals surface area contributed by atoms with Crippen LogP contribution in [0.4, 0.5) is 0 Å². The van der Waals surface area contributed by atoms with E-state index in [-0.39, 0.29) is 17.2 Å². The molecule has 1 aromatic heterocycles. The molecular weight excluding hydrogens is 446 g/mol. The molecule has 1 N–H and O–H groups in total. The van der Waals surface area contributed by atoms with Crippen LogP contribution in [0.3, 0.4) is 0 Å². The van der Waals surface area contributed by atoms with Crippen LogP contribution in [0.1, 0.15) is 5.56 Å². The largest absolute Gasteiger partial charge is 0.497 e. The first-order chi connectivity index (χ1) is 15.5. The van der Waals surface area contributed by atoms with E-state index in [1.165, 1.54) is 16.3 Å². The summed E-state index contributed by atoms with van der Waals surface area (Å²) in [5.74, 6) is 0.712. The Labute approximate surface area is 194 Å². The Morgan fingerprint density at radius 2 is 1.88 bits per heavy atom. The molecular formula is C24H20ClN3O3S. The lowest BCUT2D eigenvalue weighted by molar-refractivity contribution is -0.118. The van der Waals surface area contributed by atoms with Crippen LogP contribution in [0.5, 0.6) is 5.75 Å². The molecule has 6 nitrogen and oxygen atoms in total. The summed E-state index contributed by atoms with van der Waals surface area (Å²) >= 11 is 7.35. The molecule has 32 heavy (non-hydrogen) atoms. The minimum Gasteiger partial charge on any atom is -0.497 e. The third-order valence-corrected chi connectivity index (χ3v) is 5.97. The summed E-state index contributed by atoms with van der Waals surface area (Å²) in [6.07, 6.45) is 0. The van der Waals surface area contributed by atoms with E-state index < -0.39 is 0 Å². The fraction of sp³-hybridized carbons (Fsp3) is 0.125. The van der Waals surface area contributed by atoms with E-state index in [1.807, 2.05) is 30.3 Å². The lowest BCUT2D eigenvalue weighted by Crippen LogP contribution is -2.26. The Balaban J connectivity index is 1.55. The van der Waals surface area contributed by atoms with Crippen LogP contribution in [-0.2, 0) is 11.3 Å². The van der Waals surface area contributed by atoms with Crippen LogP contribution < -0.4 is 15.6 Å².